The fourth-order valence-electron chi connectivity index (χ4n) is 3.19. The Balaban J connectivity index is 1.47. The molecule has 2 aromatic rings. The minimum Gasteiger partial charge on any atom is -0.469 e. The zero-order chi connectivity index (χ0) is 15.8. The van der Waals surface area contributed by atoms with Crippen LogP contribution in [0.4, 0.5) is 0 Å². The number of fused-ring (bicyclic) bond motifs is 1. The molecule has 0 unspecified atom stereocenters. The molecule has 1 aromatic carbocycles. The molecule has 0 spiro atoms. The molecule has 2 heterocycles. The van der Waals surface area contributed by atoms with E-state index in [2.05, 4.69) is 0 Å². The van der Waals surface area contributed by atoms with Crippen LogP contribution in [0.15, 0.2) is 41.0 Å². The van der Waals surface area contributed by atoms with Gasteiger partial charge in [0, 0.05) is 30.5 Å². The first kappa shape index (κ1) is 14.2. The molecule has 0 radical (unpaired) electrons. The van der Waals surface area contributed by atoms with Crippen LogP contribution >= 0.6 is 0 Å². The third-order valence-corrected chi connectivity index (χ3v) is 4.55. The lowest BCUT2D eigenvalue weighted by Gasteiger charge is -2.22. The van der Waals surface area contributed by atoms with Crippen LogP contribution in [-0.4, -0.2) is 24.1 Å². The van der Waals surface area contributed by atoms with Gasteiger partial charge in [0.2, 0.25) is 12.7 Å². The van der Waals surface area contributed by atoms with Gasteiger partial charge in [0.1, 0.15) is 5.76 Å². The number of hydrogen-bond donors (Lipinski definition) is 0. The van der Waals surface area contributed by atoms with E-state index in [1.807, 2.05) is 42.2 Å². The summed E-state index contributed by atoms with van der Waals surface area (Å²) in [6.45, 7) is 3.46. The van der Waals surface area contributed by atoms with Crippen molar-refractivity contribution in [3.8, 4) is 11.5 Å². The minimum atomic E-state index is 0.0371. The Bertz CT molecular complexity index is 710. The topological polar surface area (TPSA) is 51.9 Å². The number of hydrogen-bond acceptors (Lipinski definition) is 4. The first-order valence-electron chi connectivity index (χ1n) is 7.97. The highest BCUT2D eigenvalue weighted by atomic mass is 16.7. The first-order chi connectivity index (χ1) is 11.3. The molecule has 1 amide bonds. The van der Waals surface area contributed by atoms with Crippen molar-refractivity contribution in [3.63, 3.8) is 0 Å². The molecule has 1 saturated carbocycles. The lowest BCUT2D eigenvalue weighted by atomic mass is 10.1. The van der Waals surface area contributed by atoms with Gasteiger partial charge in [0.05, 0.1) is 6.26 Å². The van der Waals surface area contributed by atoms with Gasteiger partial charge in [-0.2, -0.15) is 0 Å². The van der Waals surface area contributed by atoms with Gasteiger partial charge in [-0.05, 0) is 31.5 Å². The number of furan rings is 1. The lowest BCUT2D eigenvalue weighted by molar-refractivity contribution is -0.133. The molecular formula is C18H19NO4. The van der Waals surface area contributed by atoms with Crippen molar-refractivity contribution in [2.75, 3.05) is 13.3 Å². The summed E-state index contributed by atoms with van der Waals surface area (Å²) in [5, 5.41) is 0. The van der Waals surface area contributed by atoms with Crippen LogP contribution in [0.5, 0.6) is 11.5 Å². The Morgan fingerprint density at radius 3 is 2.96 bits per heavy atom. The van der Waals surface area contributed by atoms with Crippen molar-refractivity contribution >= 4 is 5.91 Å². The summed E-state index contributed by atoms with van der Waals surface area (Å²) in [5.74, 6) is 2.88. The summed E-state index contributed by atoms with van der Waals surface area (Å²) < 4.78 is 16.4. The third-order valence-electron chi connectivity index (χ3n) is 4.55. The molecule has 2 aliphatic rings. The molecule has 0 bridgehead atoms. The van der Waals surface area contributed by atoms with E-state index in [0.717, 1.165) is 29.2 Å². The molecular weight excluding hydrogens is 294 g/mol. The number of benzene rings is 1. The molecule has 23 heavy (non-hydrogen) atoms. The van der Waals surface area contributed by atoms with Gasteiger partial charge in [0.25, 0.3) is 0 Å². The second-order valence-corrected chi connectivity index (χ2v) is 5.97. The summed E-state index contributed by atoms with van der Waals surface area (Å²) in [6, 6.07) is 9.63. The van der Waals surface area contributed by atoms with Crippen LogP contribution in [0.3, 0.4) is 0 Å². The number of nitrogens with zero attached hydrogens (tertiary/aromatic N) is 1. The normalized spacial score (nSPS) is 21.3. The zero-order valence-corrected chi connectivity index (χ0v) is 13.0. The van der Waals surface area contributed by atoms with Crippen molar-refractivity contribution < 1.29 is 18.7 Å². The summed E-state index contributed by atoms with van der Waals surface area (Å²) in [5.41, 5.74) is 0.991. The SMILES string of the molecule is CCN(Cc1cccc2c1OCO2)C(=O)[C@@H]1C[C@@H]1c1ccco1. The van der Waals surface area contributed by atoms with Gasteiger partial charge < -0.3 is 18.8 Å². The van der Waals surface area contributed by atoms with Crippen molar-refractivity contribution in [3.05, 3.63) is 47.9 Å². The van der Waals surface area contributed by atoms with Crippen molar-refractivity contribution in [2.45, 2.75) is 25.8 Å². The molecule has 1 aromatic heterocycles. The quantitative estimate of drug-likeness (QED) is 0.851. The number of rotatable bonds is 5. The predicted octanol–water partition coefficient (Wildman–Crippen LogP) is 3.16. The van der Waals surface area contributed by atoms with Crippen LogP contribution in [0.2, 0.25) is 0 Å². The van der Waals surface area contributed by atoms with Crippen LogP contribution in [-0.2, 0) is 11.3 Å². The van der Waals surface area contributed by atoms with Crippen LogP contribution < -0.4 is 9.47 Å². The Labute approximate surface area is 134 Å². The highest BCUT2D eigenvalue weighted by molar-refractivity contribution is 5.83. The van der Waals surface area contributed by atoms with Gasteiger partial charge in [-0.1, -0.05) is 12.1 Å². The molecule has 0 saturated heterocycles. The van der Waals surface area contributed by atoms with Crippen LogP contribution in [0.25, 0.3) is 0 Å². The molecule has 5 nitrogen and oxygen atoms in total. The third kappa shape index (κ3) is 2.56. The summed E-state index contributed by atoms with van der Waals surface area (Å²) in [7, 11) is 0. The second-order valence-electron chi connectivity index (χ2n) is 5.97. The average Bonchev–Trinajstić information content (AvgIpc) is 3.00. The molecule has 1 fully saturated rings. The van der Waals surface area contributed by atoms with Crippen LogP contribution in [0, 0.1) is 5.92 Å². The number of carbonyl (C=O) groups excluding carboxylic acids is 1. The summed E-state index contributed by atoms with van der Waals surface area (Å²) in [4.78, 5) is 14.6. The van der Waals surface area contributed by atoms with Crippen molar-refractivity contribution in [2.24, 2.45) is 5.92 Å². The Morgan fingerprint density at radius 1 is 1.26 bits per heavy atom. The molecule has 120 valence electrons. The molecule has 0 N–H and O–H groups in total. The molecule has 4 rings (SSSR count). The van der Waals surface area contributed by atoms with Gasteiger partial charge in [-0.3, -0.25) is 4.79 Å². The fourth-order valence-corrected chi connectivity index (χ4v) is 3.19. The van der Waals surface area contributed by atoms with Gasteiger partial charge >= 0.3 is 0 Å². The molecule has 5 heteroatoms. The smallest absolute Gasteiger partial charge is 0.231 e. The van der Waals surface area contributed by atoms with Crippen LogP contribution in [0.1, 0.15) is 30.6 Å². The Morgan fingerprint density at radius 2 is 2.17 bits per heavy atom. The summed E-state index contributed by atoms with van der Waals surface area (Å²) >= 11 is 0. The van der Waals surface area contributed by atoms with E-state index in [-0.39, 0.29) is 24.5 Å². The first-order valence-corrected chi connectivity index (χ1v) is 7.97. The van der Waals surface area contributed by atoms with Crippen molar-refractivity contribution in [1.29, 1.82) is 0 Å². The second kappa shape index (κ2) is 5.65. The van der Waals surface area contributed by atoms with E-state index in [9.17, 15) is 4.79 Å². The largest absolute Gasteiger partial charge is 0.469 e. The van der Waals surface area contributed by atoms with E-state index >= 15 is 0 Å². The van der Waals surface area contributed by atoms with Gasteiger partial charge in [-0.15, -0.1) is 0 Å². The molecule has 1 aliphatic carbocycles. The minimum absolute atomic E-state index is 0.0371. The van der Waals surface area contributed by atoms with E-state index in [4.69, 9.17) is 13.9 Å². The van der Waals surface area contributed by atoms with Gasteiger partial charge in [0.15, 0.2) is 11.5 Å². The average molecular weight is 313 g/mol. The summed E-state index contributed by atoms with van der Waals surface area (Å²) in [6.07, 6.45) is 2.53. The van der Waals surface area contributed by atoms with E-state index in [1.165, 1.54) is 0 Å². The zero-order valence-electron chi connectivity index (χ0n) is 13.0. The maximum absolute atomic E-state index is 12.8. The van der Waals surface area contributed by atoms with E-state index in [1.54, 1.807) is 6.26 Å². The molecule has 2 atom stereocenters. The Kier molecular flexibility index (Phi) is 3.48. The Hall–Kier alpha value is -2.43. The maximum atomic E-state index is 12.8. The van der Waals surface area contributed by atoms with E-state index < -0.39 is 0 Å². The molecule has 1 aliphatic heterocycles. The van der Waals surface area contributed by atoms with Crippen molar-refractivity contribution in [1.82, 2.24) is 4.90 Å². The number of para-hydroxylation sites is 1. The predicted molar refractivity (Wildman–Crippen MR) is 83.2 cm³/mol. The number of ether oxygens (including phenoxy) is 2. The highest BCUT2D eigenvalue weighted by Crippen LogP contribution is 2.49. The maximum Gasteiger partial charge on any atom is 0.231 e. The van der Waals surface area contributed by atoms with E-state index in [0.29, 0.717) is 13.1 Å². The number of carbonyl (C=O) groups is 1. The van der Waals surface area contributed by atoms with Gasteiger partial charge in [-0.25, -0.2) is 0 Å². The lowest BCUT2D eigenvalue weighted by Crippen LogP contribution is -2.32. The standard InChI is InChI=1S/C18H19NO4/c1-2-19(10-12-5-3-6-16-17(12)23-11-22-16)18(20)14-9-13(14)15-7-4-8-21-15/h3-8,13-14H,2,9-11H2,1H3/t13-,14+/m0/s1. The highest BCUT2D eigenvalue weighted by Gasteiger charge is 2.47. The fraction of sp³-hybridized carbons (Fsp3) is 0.389. The number of amides is 1. The monoisotopic (exact) mass is 313 g/mol.